The number of rotatable bonds is 2. The van der Waals surface area contributed by atoms with Gasteiger partial charge in [-0.05, 0) is 30.5 Å². The summed E-state index contributed by atoms with van der Waals surface area (Å²) in [4.78, 5) is 0. The van der Waals surface area contributed by atoms with Crippen LogP contribution in [0.2, 0.25) is 0 Å². The molecule has 1 N–H and O–H groups in total. The maximum Gasteiger partial charge on any atom is 0.573 e. The van der Waals surface area contributed by atoms with Gasteiger partial charge in [0, 0.05) is 5.92 Å². The van der Waals surface area contributed by atoms with Gasteiger partial charge >= 0.3 is 6.36 Å². The summed E-state index contributed by atoms with van der Waals surface area (Å²) in [6.07, 6.45) is -2.46. The van der Waals surface area contributed by atoms with Crippen LogP contribution >= 0.6 is 0 Å². The summed E-state index contributed by atoms with van der Waals surface area (Å²) in [5, 5.41) is 9.69. The molecule has 0 amide bonds. The monoisotopic (exact) mass is 246 g/mol. The lowest BCUT2D eigenvalue weighted by atomic mass is 9.96. The smallest absolute Gasteiger partial charge is 0.406 e. The molecular weight excluding hydrogens is 233 g/mol. The van der Waals surface area contributed by atoms with E-state index in [9.17, 15) is 18.3 Å². The number of hydrogen-bond donors (Lipinski definition) is 1. The van der Waals surface area contributed by atoms with Gasteiger partial charge in [-0.2, -0.15) is 0 Å². The minimum absolute atomic E-state index is 0.0370. The maximum atomic E-state index is 11.9. The zero-order valence-corrected chi connectivity index (χ0v) is 9.07. The molecule has 1 aliphatic rings. The third-order valence-corrected chi connectivity index (χ3v) is 3.02. The molecule has 1 aromatic carbocycles. The van der Waals surface area contributed by atoms with Gasteiger partial charge < -0.3 is 9.84 Å². The predicted octanol–water partition coefficient (Wildman–Crippen LogP) is 3.21. The first-order valence-corrected chi connectivity index (χ1v) is 5.49. The number of halogens is 3. The lowest BCUT2D eigenvalue weighted by Gasteiger charge is -2.15. The van der Waals surface area contributed by atoms with Crippen LogP contribution in [0.15, 0.2) is 24.3 Å². The second-order valence-corrected chi connectivity index (χ2v) is 4.22. The third kappa shape index (κ3) is 3.12. The van der Waals surface area contributed by atoms with E-state index in [0.29, 0.717) is 0 Å². The molecule has 5 heteroatoms. The fraction of sp³-hybridized carbons (Fsp3) is 0.500. The molecule has 0 bridgehead atoms. The van der Waals surface area contributed by atoms with Crippen molar-refractivity contribution < 1.29 is 23.0 Å². The Morgan fingerprint density at radius 3 is 2.24 bits per heavy atom. The Labute approximate surface area is 97.0 Å². The van der Waals surface area contributed by atoms with E-state index >= 15 is 0 Å². The van der Waals surface area contributed by atoms with Crippen LogP contribution in [0.5, 0.6) is 5.75 Å². The Hall–Kier alpha value is -1.23. The zero-order chi connectivity index (χ0) is 12.5. The zero-order valence-electron chi connectivity index (χ0n) is 9.07. The lowest BCUT2D eigenvalue weighted by Crippen LogP contribution is -2.17. The number of aliphatic hydroxyl groups is 1. The van der Waals surface area contributed by atoms with E-state index in [4.69, 9.17) is 0 Å². The van der Waals surface area contributed by atoms with Gasteiger partial charge in [-0.15, -0.1) is 13.2 Å². The van der Waals surface area contributed by atoms with Crippen molar-refractivity contribution in [2.75, 3.05) is 0 Å². The molecule has 2 atom stereocenters. The van der Waals surface area contributed by atoms with E-state index in [1.54, 1.807) is 12.1 Å². The van der Waals surface area contributed by atoms with Crippen molar-refractivity contribution >= 4 is 0 Å². The summed E-state index contributed by atoms with van der Waals surface area (Å²) in [5.41, 5.74) is 0.865. The van der Waals surface area contributed by atoms with E-state index < -0.39 is 6.36 Å². The van der Waals surface area contributed by atoms with Crippen LogP contribution in [-0.2, 0) is 0 Å². The quantitative estimate of drug-likeness (QED) is 0.868. The molecule has 0 aromatic heterocycles. The van der Waals surface area contributed by atoms with Crippen molar-refractivity contribution in [1.82, 2.24) is 0 Å². The van der Waals surface area contributed by atoms with Crippen molar-refractivity contribution in [2.24, 2.45) is 0 Å². The van der Waals surface area contributed by atoms with Crippen LogP contribution in [0, 0.1) is 0 Å². The normalized spacial score (nSPS) is 24.9. The van der Waals surface area contributed by atoms with Gasteiger partial charge in [0.05, 0.1) is 6.10 Å². The maximum absolute atomic E-state index is 11.9. The van der Waals surface area contributed by atoms with Crippen LogP contribution in [0.3, 0.4) is 0 Å². The first-order chi connectivity index (χ1) is 7.96. The number of hydrogen-bond acceptors (Lipinski definition) is 2. The van der Waals surface area contributed by atoms with Crippen LogP contribution < -0.4 is 4.74 Å². The van der Waals surface area contributed by atoms with E-state index in [2.05, 4.69) is 4.74 Å². The molecule has 2 unspecified atom stereocenters. The molecule has 1 saturated carbocycles. The highest BCUT2D eigenvalue weighted by Crippen LogP contribution is 2.35. The minimum Gasteiger partial charge on any atom is -0.406 e. The standard InChI is InChI=1S/C12H13F3O2/c13-12(14,15)17-9-6-4-8(5-7-9)10-2-1-3-11(10)16/h4-7,10-11,16H,1-3H2. The summed E-state index contributed by atoms with van der Waals surface area (Å²) in [5.74, 6) is -0.191. The fourth-order valence-electron chi connectivity index (χ4n) is 2.25. The first kappa shape index (κ1) is 12.2. The van der Waals surface area contributed by atoms with Crippen molar-refractivity contribution in [3.05, 3.63) is 29.8 Å². The summed E-state index contributed by atoms with van der Waals surface area (Å²) < 4.78 is 39.6. The van der Waals surface area contributed by atoms with Gasteiger partial charge in [-0.1, -0.05) is 18.6 Å². The highest BCUT2D eigenvalue weighted by molar-refractivity contribution is 5.30. The molecule has 2 rings (SSSR count). The molecule has 94 valence electrons. The Kier molecular flexibility index (Phi) is 3.28. The van der Waals surface area contributed by atoms with Gasteiger partial charge in [-0.25, -0.2) is 0 Å². The molecule has 17 heavy (non-hydrogen) atoms. The van der Waals surface area contributed by atoms with Crippen LogP contribution in [0.4, 0.5) is 13.2 Å². The molecule has 0 saturated heterocycles. The van der Waals surface area contributed by atoms with Crippen LogP contribution in [0.1, 0.15) is 30.7 Å². The summed E-state index contributed by atoms with van der Waals surface area (Å²) in [6, 6.07) is 5.74. The average Bonchev–Trinajstić information content (AvgIpc) is 2.63. The number of ether oxygens (including phenoxy) is 1. The third-order valence-electron chi connectivity index (χ3n) is 3.02. The van der Waals surface area contributed by atoms with Crippen LogP contribution in [0.25, 0.3) is 0 Å². The van der Waals surface area contributed by atoms with Gasteiger partial charge in [0.1, 0.15) is 5.75 Å². The average molecular weight is 246 g/mol. The predicted molar refractivity (Wildman–Crippen MR) is 55.7 cm³/mol. The van der Waals surface area contributed by atoms with Crippen molar-refractivity contribution in [1.29, 1.82) is 0 Å². The summed E-state index contributed by atoms with van der Waals surface area (Å²) in [6.45, 7) is 0. The highest BCUT2D eigenvalue weighted by Gasteiger charge is 2.31. The van der Waals surface area contributed by atoms with Gasteiger partial charge in [0.2, 0.25) is 0 Å². The Balaban J connectivity index is 2.07. The summed E-state index contributed by atoms with van der Waals surface area (Å²) >= 11 is 0. The van der Waals surface area contributed by atoms with Crippen molar-refractivity contribution in [3.63, 3.8) is 0 Å². The largest absolute Gasteiger partial charge is 0.573 e. The number of aliphatic hydroxyl groups excluding tert-OH is 1. The van der Waals surface area contributed by atoms with Gasteiger partial charge in [-0.3, -0.25) is 0 Å². The summed E-state index contributed by atoms with van der Waals surface area (Å²) in [7, 11) is 0. The molecule has 0 spiro atoms. The Bertz CT molecular complexity index is 372. The molecule has 2 nitrogen and oxygen atoms in total. The number of alkyl halides is 3. The van der Waals surface area contributed by atoms with E-state index in [0.717, 1.165) is 24.8 Å². The SMILES string of the molecule is OC1CCCC1c1ccc(OC(F)(F)F)cc1. The molecule has 0 aliphatic heterocycles. The minimum atomic E-state index is -4.66. The molecule has 1 fully saturated rings. The highest BCUT2D eigenvalue weighted by atomic mass is 19.4. The van der Waals surface area contributed by atoms with Gasteiger partial charge in [0.25, 0.3) is 0 Å². The van der Waals surface area contributed by atoms with E-state index in [1.807, 2.05) is 0 Å². The molecule has 0 radical (unpaired) electrons. The molecule has 1 aromatic rings. The number of benzene rings is 1. The second kappa shape index (κ2) is 4.56. The van der Waals surface area contributed by atoms with E-state index in [-0.39, 0.29) is 17.8 Å². The first-order valence-electron chi connectivity index (χ1n) is 5.49. The fourth-order valence-corrected chi connectivity index (χ4v) is 2.25. The molecule has 1 aliphatic carbocycles. The van der Waals surface area contributed by atoms with Gasteiger partial charge in [0.15, 0.2) is 0 Å². The van der Waals surface area contributed by atoms with E-state index in [1.165, 1.54) is 12.1 Å². The second-order valence-electron chi connectivity index (χ2n) is 4.22. The lowest BCUT2D eigenvalue weighted by molar-refractivity contribution is -0.274. The molecular formula is C12H13F3O2. The van der Waals surface area contributed by atoms with Crippen molar-refractivity contribution in [2.45, 2.75) is 37.6 Å². The Morgan fingerprint density at radius 2 is 1.76 bits per heavy atom. The Morgan fingerprint density at radius 1 is 1.12 bits per heavy atom. The van der Waals surface area contributed by atoms with Crippen LogP contribution in [-0.4, -0.2) is 17.6 Å². The topological polar surface area (TPSA) is 29.5 Å². The molecule has 0 heterocycles. The van der Waals surface area contributed by atoms with Crippen molar-refractivity contribution in [3.8, 4) is 5.75 Å².